The fourth-order valence-electron chi connectivity index (χ4n) is 2.68. The number of nitrogens with one attached hydrogen (secondary N) is 1. The Labute approximate surface area is 113 Å². The lowest BCUT2D eigenvalue weighted by molar-refractivity contribution is 0.278. The normalized spacial score (nSPS) is 27.8. The van der Waals surface area contributed by atoms with Crippen molar-refractivity contribution in [2.75, 3.05) is 18.3 Å². The maximum Gasteiger partial charge on any atom is 0.226 e. The Bertz CT molecular complexity index is 402. The molecule has 1 aromatic heterocycles. The third-order valence-electron chi connectivity index (χ3n) is 3.56. The van der Waals surface area contributed by atoms with Gasteiger partial charge in [-0.15, -0.1) is 11.6 Å². The predicted molar refractivity (Wildman–Crippen MR) is 73.3 cm³/mol. The molecule has 100 valence electrons. The molecule has 0 radical (unpaired) electrons. The predicted octanol–water partition coefficient (Wildman–Crippen LogP) is 3.08. The van der Waals surface area contributed by atoms with Crippen molar-refractivity contribution < 1.29 is 4.74 Å². The van der Waals surface area contributed by atoms with Crippen LogP contribution in [0.4, 0.5) is 5.95 Å². The van der Waals surface area contributed by atoms with E-state index in [0.717, 1.165) is 12.8 Å². The maximum atomic E-state index is 6.18. The minimum Gasteiger partial charge on any atom is -0.481 e. The minimum atomic E-state index is -0.0778. The number of rotatable bonds is 4. The number of ether oxygens (including phenoxy) is 1. The molecule has 2 rings (SSSR count). The average molecular weight is 270 g/mol. The SMILES string of the molecule is COc1ccnc(NC2(CCl)CCCC(C)C2)n1. The quantitative estimate of drug-likeness (QED) is 0.854. The van der Waals surface area contributed by atoms with Crippen molar-refractivity contribution in [3.63, 3.8) is 0 Å². The Morgan fingerprint density at radius 1 is 1.61 bits per heavy atom. The smallest absolute Gasteiger partial charge is 0.226 e. The number of methoxy groups -OCH3 is 1. The molecule has 2 atom stereocenters. The van der Waals surface area contributed by atoms with Crippen LogP contribution in [0.3, 0.4) is 0 Å². The van der Waals surface area contributed by atoms with E-state index in [2.05, 4.69) is 22.2 Å². The second-order valence-electron chi connectivity index (χ2n) is 5.16. The molecule has 5 heteroatoms. The van der Waals surface area contributed by atoms with Crippen LogP contribution >= 0.6 is 11.6 Å². The Morgan fingerprint density at radius 2 is 2.44 bits per heavy atom. The fraction of sp³-hybridized carbons (Fsp3) is 0.692. The maximum absolute atomic E-state index is 6.18. The van der Waals surface area contributed by atoms with Gasteiger partial charge in [-0.25, -0.2) is 4.98 Å². The molecule has 0 aliphatic heterocycles. The van der Waals surface area contributed by atoms with Crippen LogP contribution < -0.4 is 10.1 Å². The van der Waals surface area contributed by atoms with Gasteiger partial charge in [0.2, 0.25) is 11.8 Å². The third-order valence-corrected chi connectivity index (χ3v) is 4.07. The van der Waals surface area contributed by atoms with Crippen molar-refractivity contribution in [3.05, 3.63) is 12.3 Å². The van der Waals surface area contributed by atoms with E-state index in [1.165, 1.54) is 12.8 Å². The highest BCUT2D eigenvalue weighted by molar-refractivity contribution is 6.18. The van der Waals surface area contributed by atoms with Crippen LogP contribution in [0.25, 0.3) is 0 Å². The van der Waals surface area contributed by atoms with Gasteiger partial charge in [-0.2, -0.15) is 4.98 Å². The van der Waals surface area contributed by atoms with Gasteiger partial charge in [0.1, 0.15) is 0 Å². The van der Waals surface area contributed by atoms with E-state index in [0.29, 0.717) is 23.6 Å². The molecular weight excluding hydrogens is 250 g/mol. The van der Waals surface area contributed by atoms with Crippen molar-refractivity contribution in [1.82, 2.24) is 9.97 Å². The monoisotopic (exact) mass is 269 g/mol. The van der Waals surface area contributed by atoms with E-state index >= 15 is 0 Å². The molecule has 1 saturated carbocycles. The lowest BCUT2D eigenvalue weighted by Gasteiger charge is -2.39. The largest absolute Gasteiger partial charge is 0.481 e. The molecule has 1 N–H and O–H groups in total. The van der Waals surface area contributed by atoms with Crippen LogP contribution in [-0.2, 0) is 0 Å². The number of aromatic nitrogens is 2. The number of alkyl halides is 1. The number of nitrogens with zero attached hydrogens (tertiary/aromatic N) is 2. The highest BCUT2D eigenvalue weighted by Gasteiger charge is 2.34. The van der Waals surface area contributed by atoms with Crippen LogP contribution in [0.1, 0.15) is 32.6 Å². The first-order valence-electron chi connectivity index (χ1n) is 6.39. The van der Waals surface area contributed by atoms with Gasteiger partial charge < -0.3 is 10.1 Å². The molecule has 0 aromatic carbocycles. The summed E-state index contributed by atoms with van der Waals surface area (Å²) in [5.74, 6) is 2.44. The molecule has 0 saturated heterocycles. The van der Waals surface area contributed by atoms with Gasteiger partial charge >= 0.3 is 0 Å². The van der Waals surface area contributed by atoms with Crippen LogP contribution in [0.2, 0.25) is 0 Å². The number of halogens is 1. The van der Waals surface area contributed by atoms with Crippen LogP contribution in [0.5, 0.6) is 5.88 Å². The van der Waals surface area contributed by atoms with Gasteiger partial charge in [-0.05, 0) is 18.8 Å². The van der Waals surface area contributed by atoms with Gasteiger partial charge in [-0.1, -0.05) is 19.8 Å². The van der Waals surface area contributed by atoms with E-state index in [-0.39, 0.29) is 5.54 Å². The number of anilines is 1. The van der Waals surface area contributed by atoms with E-state index in [1.54, 1.807) is 19.4 Å². The lowest BCUT2D eigenvalue weighted by Crippen LogP contribution is -2.44. The molecule has 1 fully saturated rings. The number of hydrogen-bond acceptors (Lipinski definition) is 4. The molecule has 0 bridgehead atoms. The van der Waals surface area contributed by atoms with Crippen LogP contribution in [-0.4, -0.2) is 28.5 Å². The summed E-state index contributed by atoms with van der Waals surface area (Å²) < 4.78 is 5.11. The van der Waals surface area contributed by atoms with Crippen LogP contribution in [0.15, 0.2) is 12.3 Å². The Balaban J connectivity index is 2.13. The summed E-state index contributed by atoms with van der Waals surface area (Å²) in [4.78, 5) is 8.54. The standard InChI is InChI=1S/C13H20ClN3O/c1-10-4-3-6-13(8-10,9-14)17-12-15-7-5-11(16-12)18-2/h5,7,10H,3-4,6,8-9H2,1-2H3,(H,15,16,17). The molecule has 1 heterocycles. The minimum absolute atomic E-state index is 0.0778. The van der Waals surface area contributed by atoms with Crippen molar-refractivity contribution in [1.29, 1.82) is 0 Å². The molecule has 1 aliphatic rings. The van der Waals surface area contributed by atoms with Crippen molar-refractivity contribution in [2.45, 2.75) is 38.1 Å². The van der Waals surface area contributed by atoms with E-state index in [1.807, 2.05) is 0 Å². The molecule has 1 aliphatic carbocycles. The van der Waals surface area contributed by atoms with E-state index < -0.39 is 0 Å². The molecular formula is C13H20ClN3O. The Kier molecular flexibility index (Phi) is 4.27. The molecule has 4 nitrogen and oxygen atoms in total. The summed E-state index contributed by atoms with van der Waals surface area (Å²) >= 11 is 6.18. The van der Waals surface area contributed by atoms with Crippen molar-refractivity contribution in [3.8, 4) is 5.88 Å². The van der Waals surface area contributed by atoms with Gasteiger partial charge in [-0.3, -0.25) is 0 Å². The first-order valence-corrected chi connectivity index (χ1v) is 6.92. The van der Waals surface area contributed by atoms with Gasteiger partial charge in [0.15, 0.2) is 0 Å². The van der Waals surface area contributed by atoms with E-state index in [4.69, 9.17) is 16.3 Å². The fourth-order valence-corrected chi connectivity index (χ4v) is 2.99. The first kappa shape index (κ1) is 13.4. The molecule has 18 heavy (non-hydrogen) atoms. The highest BCUT2D eigenvalue weighted by atomic mass is 35.5. The summed E-state index contributed by atoms with van der Waals surface area (Å²) in [6.07, 6.45) is 6.31. The lowest BCUT2D eigenvalue weighted by atomic mass is 9.77. The topological polar surface area (TPSA) is 47.0 Å². The molecule has 2 unspecified atom stereocenters. The Hall–Kier alpha value is -1.03. The zero-order valence-electron chi connectivity index (χ0n) is 10.9. The zero-order valence-corrected chi connectivity index (χ0v) is 11.7. The average Bonchev–Trinajstić information content (AvgIpc) is 2.39. The third kappa shape index (κ3) is 3.05. The van der Waals surface area contributed by atoms with Gasteiger partial charge in [0.05, 0.1) is 12.6 Å². The highest BCUT2D eigenvalue weighted by Crippen LogP contribution is 2.35. The van der Waals surface area contributed by atoms with Crippen molar-refractivity contribution >= 4 is 17.5 Å². The summed E-state index contributed by atoms with van der Waals surface area (Å²) in [5, 5.41) is 3.42. The summed E-state index contributed by atoms with van der Waals surface area (Å²) in [6, 6.07) is 1.74. The molecule has 0 amide bonds. The Morgan fingerprint density at radius 3 is 3.11 bits per heavy atom. The number of hydrogen-bond donors (Lipinski definition) is 1. The second-order valence-corrected chi connectivity index (χ2v) is 5.43. The van der Waals surface area contributed by atoms with Gasteiger partial charge in [0.25, 0.3) is 0 Å². The van der Waals surface area contributed by atoms with E-state index in [9.17, 15) is 0 Å². The second kappa shape index (κ2) is 5.74. The molecule has 0 spiro atoms. The summed E-state index contributed by atoms with van der Waals surface area (Å²) in [6.45, 7) is 2.27. The summed E-state index contributed by atoms with van der Waals surface area (Å²) in [5.41, 5.74) is -0.0778. The molecule has 1 aromatic rings. The summed E-state index contributed by atoms with van der Waals surface area (Å²) in [7, 11) is 1.60. The van der Waals surface area contributed by atoms with Gasteiger partial charge in [0, 0.05) is 18.1 Å². The first-order chi connectivity index (χ1) is 8.67. The zero-order chi connectivity index (χ0) is 13.0. The van der Waals surface area contributed by atoms with Crippen LogP contribution in [0, 0.1) is 5.92 Å². The van der Waals surface area contributed by atoms with Crippen molar-refractivity contribution in [2.24, 2.45) is 5.92 Å².